The Kier molecular flexibility index (Phi) is 10.6. The molecule has 0 amide bonds. The molecule has 0 saturated heterocycles. The van der Waals surface area contributed by atoms with Crippen LogP contribution in [0.5, 0.6) is 0 Å². The molecule has 0 aliphatic heterocycles. The number of nitrogens with zero attached hydrogens (tertiary/aromatic N) is 6. The first kappa shape index (κ1) is 25.0. The van der Waals surface area contributed by atoms with Gasteiger partial charge in [-0.2, -0.15) is 20.4 Å². The van der Waals surface area contributed by atoms with Crippen LogP contribution in [0.4, 0.5) is 0 Å². The van der Waals surface area contributed by atoms with Crippen molar-refractivity contribution in [2.24, 2.45) is 20.4 Å². The Labute approximate surface area is 201 Å². The summed E-state index contributed by atoms with van der Waals surface area (Å²) in [6, 6.07) is 13.2. The molecule has 4 aromatic heterocycles. The van der Waals surface area contributed by atoms with Gasteiger partial charge < -0.3 is 19.0 Å². The molecule has 0 atom stereocenters. The predicted molar refractivity (Wildman–Crippen MR) is 114 cm³/mol. The minimum Gasteiger partial charge on any atom is -0.857 e. The van der Waals surface area contributed by atoms with Crippen LogP contribution in [-0.2, 0) is 19.5 Å². The van der Waals surface area contributed by atoms with Crippen LogP contribution in [-0.4, -0.2) is 34.2 Å². The van der Waals surface area contributed by atoms with Crippen molar-refractivity contribution in [3.63, 3.8) is 0 Å². The summed E-state index contributed by atoms with van der Waals surface area (Å²) in [5.74, 6) is 0.271. The summed E-state index contributed by atoms with van der Waals surface area (Å²) in [4.78, 5) is 7.60. The topological polar surface area (TPSA) is 148 Å². The third-order valence-corrected chi connectivity index (χ3v) is 3.61. The molecule has 0 saturated carbocycles. The van der Waals surface area contributed by atoms with Gasteiger partial charge in [-0.1, -0.05) is 0 Å². The summed E-state index contributed by atoms with van der Waals surface area (Å²) < 4.78 is 9.98. The Morgan fingerprint density at radius 2 is 1.06 bits per heavy atom. The molecule has 0 fully saturated rings. The quantitative estimate of drug-likeness (QED) is 0.172. The second-order valence-electron chi connectivity index (χ2n) is 5.80. The largest absolute Gasteiger partial charge is 2.00 e. The number of hydrogen-bond donors (Lipinski definition) is 0. The zero-order valence-electron chi connectivity index (χ0n) is 17.3. The van der Waals surface area contributed by atoms with Crippen molar-refractivity contribution in [1.29, 1.82) is 0 Å². The summed E-state index contributed by atoms with van der Waals surface area (Å²) in [5, 5.41) is 37.1. The van der Waals surface area contributed by atoms with Gasteiger partial charge in [0.05, 0.1) is 25.0 Å². The molecule has 0 aromatic carbocycles. The summed E-state index contributed by atoms with van der Waals surface area (Å²) in [6.45, 7) is 0. The predicted octanol–water partition coefficient (Wildman–Crippen LogP) is 1.63. The fraction of sp³-hybridized carbons (Fsp3) is 0. The minimum atomic E-state index is -0.412. The third-order valence-electron chi connectivity index (χ3n) is 3.61. The van der Waals surface area contributed by atoms with E-state index < -0.39 is 11.8 Å². The first-order valence-electron chi connectivity index (χ1n) is 9.16. The van der Waals surface area contributed by atoms with E-state index >= 15 is 0 Å². The molecule has 0 aliphatic carbocycles. The van der Waals surface area contributed by atoms with Crippen LogP contribution in [0.2, 0.25) is 0 Å². The number of pyridine rings is 2. The van der Waals surface area contributed by atoms with Crippen molar-refractivity contribution in [2.45, 2.75) is 0 Å². The van der Waals surface area contributed by atoms with Crippen molar-refractivity contribution in [1.82, 2.24) is 9.97 Å². The van der Waals surface area contributed by atoms with Gasteiger partial charge in [-0.15, -0.1) is 0 Å². The molecule has 33 heavy (non-hydrogen) atoms. The van der Waals surface area contributed by atoms with Crippen molar-refractivity contribution in [3.8, 4) is 0 Å². The van der Waals surface area contributed by atoms with Gasteiger partial charge in [0.25, 0.3) is 0 Å². The Morgan fingerprint density at radius 3 is 1.39 bits per heavy atom. The van der Waals surface area contributed by atoms with Gasteiger partial charge in [0.2, 0.25) is 0 Å². The van der Waals surface area contributed by atoms with Crippen molar-refractivity contribution in [2.75, 3.05) is 0 Å². The van der Waals surface area contributed by atoms with Gasteiger partial charge in [0.15, 0.2) is 0 Å². The minimum absolute atomic E-state index is 0. The summed E-state index contributed by atoms with van der Waals surface area (Å²) in [6.07, 6.45) is 11.9. The zero-order valence-corrected chi connectivity index (χ0v) is 20.2. The molecular weight excluding hydrogens is 478 g/mol. The summed E-state index contributed by atoms with van der Waals surface area (Å²) in [7, 11) is 0. The molecule has 0 bridgehead atoms. The van der Waals surface area contributed by atoms with Crippen LogP contribution >= 0.6 is 0 Å². The Hall–Kier alpha value is -4.24. The van der Waals surface area contributed by atoms with E-state index in [0.29, 0.717) is 22.6 Å². The number of rotatable bonds is 6. The van der Waals surface area contributed by atoms with E-state index in [4.69, 9.17) is 8.83 Å². The molecule has 4 aromatic rings. The number of hydrogen-bond acceptors (Lipinski definition) is 10. The van der Waals surface area contributed by atoms with Crippen LogP contribution < -0.4 is 10.2 Å². The van der Waals surface area contributed by atoms with E-state index in [2.05, 4.69) is 30.4 Å². The second kappa shape index (κ2) is 13.9. The molecule has 160 valence electrons. The maximum atomic E-state index is 11.4. The molecule has 4 rings (SSSR count). The average molecular weight is 494 g/mol. The summed E-state index contributed by atoms with van der Waals surface area (Å²) in [5.41, 5.74) is 0.901. The molecule has 4 heterocycles. The SMILES string of the molecule is [O-]/C(=N\N=C\c1ccco1)c1ccncc1.[O-]/C(=N\N=C\c1ccco1)c1ccncc1.[Zn+2]. The fourth-order valence-electron chi connectivity index (χ4n) is 2.11. The monoisotopic (exact) mass is 492 g/mol. The van der Waals surface area contributed by atoms with Crippen molar-refractivity contribution >= 4 is 24.2 Å². The molecule has 0 unspecified atom stereocenters. The fourth-order valence-corrected chi connectivity index (χ4v) is 2.11. The third kappa shape index (κ3) is 8.80. The van der Waals surface area contributed by atoms with Gasteiger partial charge in [0, 0.05) is 36.6 Å². The van der Waals surface area contributed by atoms with Gasteiger partial charge in [0.1, 0.15) is 11.5 Å². The van der Waals surface area contributed by atoms with E-state index in [0.717, 1.165) is 0 Å². The molecule has 11 heteroatoms. The van der Waals surface area contributed by atoms with Gasteiger partial charge in [-0.25, -0.2) is 0 Å². The molecule has 0 radical (unpaired) electrons. The van der Waals surface area contributed by atoms with Gasteiger partial charge >= 0.3 is 19.5 Å². The standard InChI is InChI=1S/2C11H9N3O2.Zn/c2*15-11(9-3-5-12-6-4-9)14-13-8-10-2-1-7-16-10;/h2*1-8H,(H,14,15);/q;;+2/p-2/b2*13-8+;. The van der Waals surface area contributed by atoms with Crippen LogP contribution in [0.3, 0.4) is 0 Å². The van der Waals surface area contributed by atoms with Crippen molar-refractivity contribution < 1.29 is 38.5 Å². The number of furan rings is 2. The smallest absolute Gasteiger partial charge is 0.857 e. The Balaban J connectivity index is 0.000000227. The maximum absolute atomic E-state index is 11.4. The molecule has 10 nitrogen and oxygen atoms in total. The summed E-state index contributed by atoms with van der Waals surface area (Å²) >= 11 is 0. The average Bonchev–Trinajstić information content (AvgIpc) is 3.55. The normalized spacial score (nSPS) is 11.8. The zero-order chi connectivity index (χ0) is 22.4. The molecular formula is C22H16N6O4Zn. The van der Waals surface area contributed by atoms with E-state index in [1.165, 1.54) is 49.7 Å². The van der Waals surface area contributed by atoms with E-state index in [-0.39, 0.29) is 19.5 Å². The van der Waals surface area contributed by atoms with Gasteiger partial charge in [-0.3, -0.25) is 9.97 Å². The van der Waals surface area contributed by atoms with Crippen LogP contribution in [0, 0.1) is 0 Å². The Bertz CT molecular complexity index is 1080. The van der Waals surface area contributed by atoms with Gasteiger partial charge in [-0.05, 0) is 59.7 Å². The van der Waals surface area contributed by atoms with Crippen LogP contribution in [0.25, 0.3) is 0 Å². The molecule has 0 N–H and O–H groups in total. The molecule has 0 spiro atoms. The van der Waals surface area contributed by atoms with E-state index in [9.17, 15) is 10.2 Å². The second-order valence-corrected chi connectivity index (χ2v) is 5.80. The molecule has 0 aliphatic rings. The van der Waals surface area contributed by atoms with Crippen LogP contribution in [0.1, 0.15) is 22.6 Å². The number of aromatic nitrogens is 2. The maximum Gasteiger partial charge on any atom is 2.00 e. The van der Waals surface area contributed by atoms with Crippen molar-refractivity contribution in [3.05, 3.63) is 108 Å². The first-order valence-corrected chi connectivity index (χ1v) is 9.16. The van der Waals surface area contributed by atoms with E-state index in [1.807, 2.05) is 0 Å². The van der Waals surface area contributed by atoms with E-state index in [1.54, 1.807) is 48.5 Å². The first-order chi connectivity index (χ1) is 15.7. The van der Waals surface area contributed by atoms with Crippen LogP contribution in [0.15, 0.2) is 115 Å². The Morgan fingerprint density at radius 1 is 0.667 bits per heavy atom.